The van der Waals surface area contributed by atoms with Crippen molar-refractivity contribution in [3.8, 4) is 0 Å². The number of alkyl halides is 1. The van der Waals surface area contributed by atoms with Crippen molar-refractivity contribution in [1.29, 1.82) is 0 Å². The first-order valence-electron chi connectivity index (χ1n) is 3.16. The molecule has 60 valence electrons. The molecule has 0 saturated heterocycles. The maximum absolute atomic E-state index is 12.8. The molecule has 0 saturated carbocycles. The molecule has 0 aliphatic heterocycles. The predicted octanol–water partition coefficient (Wildman–Crippen LogP) is 3.53. The molecule has 1 aromatic rings. The summed E-state index contributed by atoms with van der Waals surface area (Å²) in [6.45, 7) is 1.63. The van der Waals surface area contributed by atoms with Crippen LogP contribution in [0.15, 0.2) is 12.1 Å². The van der Waals surface area contributed by atoms with E-state index in [4.69, 9.17) is 23.2 Å². The molecule has 0 heterocycles. The summed E-state index contributed by atoms with van der Waals surface area (Å²) in [6.07, 6.45) is 0. The zero-order valence-corrected chi connectivity index (χ0v) is 7.51. The van der Waals surface area contributed by atoms with Crippen molar-refractivity contribution in [1.82, 2.24) is 0 Å². The first kappa shape index (κ1) is 8.82. The Kier molecular flexibility index (Phi) is 2.74. The average molecular weight is 193 g/mol. The van der Waals surface area contributed by atoms with E-state index in [0.717, 1.165) is 5.56 Å². The van der Waals surface area contributed by atoms with Gasteiger partial charge in [0.05, 0.1) is 5.02 Å². The van der Waals surface area contributed by atoms with Crippen LogP contribution < -0.4 is 0 Å². The minimum atomic E-state index is -0.288. The Bertz CT molecular complexity index is 271. The van der Waals surface area contributed by atoms with Crippen molar-refractivity contribution < 1.29 is 4.39 Å². The number of benzene rings is 1. The van der Waals surface area contributed by atoms with Crippen LogP contribution in [0.2, 0.25) is 5.02 Å². The van der Waals surface area contributed by atoms with Gasteiger partial charge in [-0.3, -0.25) is 0 Å². The van der Waals surface area contributed by atoms with E-state index in [-0.39, 0.29) is 5.82 Å². The van der Waals surface area contributed by atoms with Crippen LogP contribution in [-0.2, 0) is 5.88 Å². The van der Waals surface area contributed by atoms with Crippen molar-refractivity contribution in [3.05, 3.63) is 34.1 Å². The Hall–Kier alpha value is -0.270. The fourth-order valence-electron chi connectivity index (χ4n) is 0.821. The average Bonchev–Trinajstić information content (AvgIpc) is 2.01. The first-order chi connectivity index (χ1) is 5.16. The van der Waals surface area contributed by atoms with E-state index < -0.39 is 0 Å². The highest BCUT2D eigenvalue weighted by molar-refractivity contribution is 6.33. The lowest BCUT2D eigenvalue weighted by molar-refractivity contribution is 0.618. The van der Waals surface area contributed by atoms with Crippen LogP contribution >= 0.6 is 23.2 Å². The molecule has 0 bridgehead atoms. The maximum atomic E-state index is 12.8. The fourth-order valence-corrected chi connectivity index (χ4v) is 1.33. The third kappa shape index (κ3) is 1.66. The van der Waals surface area contributed by atoms with E-state index in [1.807, 2.05) is 0 Å². The van der Waals surface area contributed by atoms with Crippen LogP contribution in [0.1, 0.15) is 11.1 Å². The predicted molar refractivity (Wildman–Crippen MR) is 45.7 cm³/mol. The van der Waals surface area contributed by atoms with E-state index in [1.165, 1.54) is 6.07 Å². The zero-order chi connectivity index (χ0) is 8.43. The molecular formula is C8H7Cl2F. The van der Waals surface area contributed by atoms with Gasteiger partial charge < -0.3 is 0 Å². The summed E-state index contributed by atoms with van der Waals surface area (Å²) in [7, 11) is 0. The highest BCUT2D eigenvalue weighted by atomic mass is 35.5. The van der Waals surface area contributed by atoms with Crippen LogP contribution in [0.25, 0.3) is 0 Å². The lowest BCUT2D eigenvalue weighted by atomic mass is 10.1. The Morgan fingerprint density at radius 1 is 1.45 bits per heavy atom. The van der Waals surface area contributed by atoms with Gasteiger partial charge in [0, 0.05) is 11.4 Å². The topological polar surface area (TPSA) is 0 Å². The first-order valence-corrected chi connectivity index (χ1v) is 4.07. The second kappa shape index (κ2) is 3.42. The molecule has 0 amide bonds. The maximum Gasteiger partial charge on any atom is 0.127 e. The molecule has 0 nitrogen and oxygen atoms in total. The Labute approximate surface area is 74.9 Å². The molecule has 0 radical (unpaired) electrons. The molecule has 0 aromatic heterocycles. The molecule has 0 spiro atoms. The van der Waals surface area contributed by atoms with Crippen LogP contribution in [-0.4, -0.2) is 0 Å². The standard InChI is InChI=1S/C8H7Cl2F/c1-5-7(11)3-2-6(4-9)8(5)10/h2-3H,4H2,1H3. The van der Waals surface area contributed by atoms with Gasteiger partial charge in [-0.05, 0) is 18.6 Å². The van der Waals surface area contributed by atoms with Crippen LogP contribution in [0.4, 0.5) is 4.39 Å². The second-order valence-electron chi connectivity index (χ2n) is 2.28. The van der Waals surface area contributed by atoms with Crippen molar-refractivity contribution in [3.63, 3.8) is 0 Å². The SMILES string of the molecule is Cc1c(F)ccc(CCl)c1Cl. The Balaban J connectivity index is 3.25. The summed E-state index contributed by atoms with van der Waals surface area (Å²) < 4.78 is 12.8. The monoisotopic (exact) mass is 192 g/mol. The second-order valence-corrected chi connectivity index (χ2v) is 2.92. The lowest BCUT2D eigenvalue weighted by Gasteiger charge is -2.03. The van der Waals surface area contributed by atoms with E-state index in [1.54, 1.807) is 13.0 Å². The van der Waals surface area contributed by atoms with Crippen LogP contribution in [0.5, 0.6) is 0 Å². The van der Waals surface area contributed by atoms with Gasteiger partial charge in [-0.2, -0.15) is 0 Å². The van der Waals surface area contributed by atoms with Gasteiger partial charge in [-0.25, -0.2) is 4.39 Å². The minimum Gasteiger partial charge on any atom is -0.207 e. The molecule has 0 atom stereocenters. The van der Waals surface area contributed by atoms with E-state index in [9.17, 15) is 4.39 Å². The Morgan fingerprint density at radius 3 is 2.64 bits per heavy atom. The minimum absolute atomic E-state index is 0.288. The smallest absolute Gasteiger partial charge is 0.127 e. The summed E-state index contributed by atoms with van der Waals surface area (Å²) >= 11 is 11.3. The number of halogens is 3. The van der Waals surface area contributed by atoms with Gasteiger partial charge in [-0.15, -0.1) is 11.6 Å². The number of rotatable bonds is 1. The van der Waals surface area contributed by atoms with Gasteiger partial charge in [0.15, 0.2) is 0 Å². The number of hydrogen-bond acceptors (Lipinski definition) is 0. The van der Waals surface area contributed by atoms with Crippen molar-refractivity contribution >= 4 is 23.2 Å². The molecule has 1 aromatic carbocycles. The van der Waals surface area contributed by atoms with Crippen molar-refractivity contribution in [2.75, 3.05) is 0 Å². The van der Waals surface area contributed by atoms with Crippen molar-refractivity contribution in [2.24, 2.45) is 0 Å². The van der Waals surface area contributed by atoms with Gasteiger partial charge in [-0.1, -0.05) is 17.7 Å². The van der Waals surface area contributed by atoms with E-state index in [0.29, 0.717) is 16.5 Å². The van der Waals surface area contributed by atoms with Crippen molar-refractivity contribution in [2.45, 2.75) is 12.8 Å². The summed E-state index contributed by atoms with van der Waals surface area (Å²) in [5.74, 6) is 0.0313. The molecule has 0 aliphatic rings. The van der Waals surface area contributed by atoms with Gasteiger partial charge >= 0.3 is 0 Å². The highest BCUT2D eigenvalue weighted by Gasteiger charge is 2.05. The van der Waals surface area contributed by atoms with E-state index in [2.05, 4.69) is 0 Å². The highest BCUT2D eigenvalue weighted by Crippen LogP contribution is 2.23. The summed E-state index contributed by atoms with van der Waals surface area (Å²) in [4.78, 5) is 0. The van der Waals surface area contributed by atoms with E-state index >= 15 is 0 Å². The summed E-state index contributed by atoms with van der Waals surface area (Å²) in [5, 5.41) is 0.431. The van der Waals surface area contributed by atoms with Gasteiger partial charge in [0.2, 0.25) is 0 Å². The molecule has 0 N–H and O–H groups in total. The summed E-state index contributed by atoms with van der Waals surface area (Å²) in [5.41, 5.74) is 1.23. The molecule has 1 rings (SSSR count). The van der Waals surface area contributed by atoms with Crippen LogP contribution in [0, 0.1) is 12.7 Å². The lowest BCUT2D eigenvalue weighted by Crippen LogP contribution is -1.88. The molecule has 0 unspecified atom stereocenters. The van der Waals surface area contributed by atoms with Gasteiger partial charge in [0.1, 0.15) is 5.82 Å². The largest absolute Gasteiger partial charge is 0.207 e. The molecule has 0 fully saturated rings. The summed E-state index contributed by atoms with van der Waals surface area (Å²) in [6, 6.07) is 2.97. The fraction of sp³-hybridized carbons (Fsp3) is 0.250. The van der Waals surface area contributed by atoms with Crippen LogP contribution in [0.3, 0.4) is 0 Å². The molecule has 3 heteroatoms. The zero-order valence-electron chi connectivity index (χ0n) is 6.00. The molecular weight excluding hydrogens is 186 g/mol. The third-order valence-corrected chi connectivity index (χ3v) is 2.36. The third-order valence-electron chi connectivity index (χ3n) is 1.54. The normalized spacial score (nSPS) is 10.2. The van der Waals surface area contributed by atoms with Gasteiger partial charge in [0.25, 0.3) is 0 Å². The molecule has 0 aliphatic carbocycles. The molecule has 11 heavy (non-hydrogen) atoms. The number of hydrogen-bond donors (Lipinski definition) is 0. The quantitative estimate of drug-likeness (QED) is 0.598. The Morgan fingerprint density at radius 2 is 2.09 bits per heavy atom.